The molecule has 4 nitrogen and oxygen atoms in total. The quantitative estimate of drug-likeness (QED) is 0.741. The number of Topliss-reactive ketones (excluding diaryl/α,β-unsaturated/α-hetero) is 1. The molecule has 0 aromatic heterocycles. The molecule has 4 heteroatoms. The van der Waals surface area contributed by atoms with Gasteiger partial charge >= 0.3 is 0 Å². The number of hydrogen-bond donors (Lipinski definition) is 1. The van der Waals surface area contributed by atoms with Crippen molar-refractivity contribution in [3.63, 3.8) is 0 Å². The van der Waals surface area contributed by atoms with Crippen LogP contribution in [0.15, 0.2) is 87.5 Å². The number of azo groups is 1. The highest BCUT2D eigenvalue weighted by Gasteiger charge is 2.49. The number of allylic oxidation sites excluding steroid dienone is 2. The van der Waals surface area contributed by atoms with Gasteiger partial charge in [0.1, 0.15) is 0 Å². The Kier molecular flexibility index (Phi) is 3.89. The molecule has 2 aromatic carbocycles. The third-order valence-electron chi connectivity index (χ3n) is 6.48. The second-order valence-corrected chi connectivity index (χ2v) is 9.22. The van der Waals surface area contributed by atoms with Gasteiger partial charge < -0.3 is 5.32 Å². The number of nitrogens with zero attached hydrogens (tertiary/aromatic N) is 2. The first-order valence-corrected chi connectivity index (χ1v) is 10.2. The molecule has 1 N–H and O–H groups in total. The Balaban J connectivity index is 1.70. The summed E-state index contributed by atoms with van der Waals surface area (Å²) in [5.41, 5.74) is 5.89. The monoisotopic (exact) mass is 383 g/mol. The zero-order valence-corrected chi connectivity index (χ0v) is 17.1. The van der Waals surface area contributed by atoms with Gasteiger partial charge in [0.05, 0.1) is 6.54 Å². The molecule has 2 heterocycles. The van der Waals surface area contributed by atoms with E-state index >= 15 is 0 Å². The Labute approximate surface area is 171 Å². The normalized spacial score (nSPS) is 25.0. The zero-order valence-electron chi connectivity index (χ0n) is 17.1. The van der Waals surface area contributed by atoms with Crippen LogP contribution in [0.3, 0.4) is 0 Å². The number of rotatable bonds is 2. The summed E-state index contributed by atoms with van der Waals surface area (Å²) >= 11 is 0. The summed E-state index contributed by atoms with van der Waals surface area (Å²) < 4.78 is 0. The van der Waals surface area contributed by atoms with E-state index in [-0.39, 0.29) is 11.2 Å². The van der Waals surface area contributed by atoms with Crippen molar-refractivity contribution in [1.82, 2.24) is 5.32 Å². The fourth-order valence-corrected chi connectivity index (χ4v) is 5.07. The van der Waals surface area contributed by atoms with Gasteiger partial charge in [0.25, 0.3) is 0 Å². The van der Waals surface area contributed by atoms with Crippen LogP contribution < -0.4 is 5.32 Å². The van der Waals surface area contributed by atoms with E-state index in [9.17, 15) is 4.79 Å². The minimum Gasteiger partial charge on any atom is -0.342 e. The van der Waals surface area contributed by atoms with Crippen molar-refractivity contribution in [2.24, 2.45) is 15.6 Å². The fourth-order valence-electron chi connectivity index (χ4n) is 5.07. The van der Waals surface area contributed by atoms with Crippen molar-refractivity contribution < 1.29 is 4.79 Å². The second-order valence-electron chi connectivity index (χ2n) is 9.22. The maximum Gasteiger partial charge on any atom is 0.162 e. The number of ketones is 1. The lowest BCUT2D eigenvalue weighted by atomic mass is 9.61. The van der Waals surface area contributed by atoms with Crippen LogP contribution in [0.1, 0.15) is 39.2 Å². The van der Waals surface area contributed by atoms with Crippen LogP contribution in [-0.2, 0) is 10.2 Å². The van der Waals surface area contributed by atoms with Crippen LogP contribution in [-0.4, -0.2) is 12.3 Å². The van der Waals surface area contributed by atoms with Gasteiger partial charge in [0.2, 0.25) is 0 Å². The topological polar surface area (TPSA) is 53.8 Å². The predicted octanol–water partition coefficient (Wildman–Crippen LogP) is 5.54. The summed E-state index contributed by atoms with van der Waals surface area (Å²) in [5.74, 6) is 1.05. The highest BCUT2D eigenvalue weighted by Crippen LogP contribution is 2.51. The lowest BCUT2D eigenvalue weighted by Crippen LogP contribution is -2.44. The maximum absolute atomic E-state index is 13.4. The molecule has 1 atom stereocenters. The number of carbonyl (C=O) groups is 1. The van der Waals surface area contributed by atoms with E-state index in [4.69, 9.17) is 0 Å². The molecule has 2 aromatic rings. The average Bonchev–Trinajstić information content (AvgIpc) is 3.16. The van der Waals surface area contributed by atoms with Gasteiger partial charge in [0.15, 0.2) is 11.6 Å². The molecule has 29 heavy (non-hydrogen) atoms. The van der Waals surface area contributed by atoms with Crippen molar-refractivity contribution in [2.75, 3.05) is 6.54 Å². The molecule has 2 aliphatic heterocycles. The molecule has 5 rings (SSSR count). The van der Waals surface area contributed by atoms with Gasteiger partial charge in [-0.3, -0.25) is 4.79 Å². The third kappa shape index (κ3) is 2.78. The molecule has 0 unspecified atom stereocenters. The molecule has 0 saturated heterocycles. The predicted molar refractivity (Wildman–Crippen MR) is 114 cm³/mol. The molecular formula is C25H25N3O. The Morgan fingerprint density at radius 2 is 1.69 bits per heavy atom. The van der Waals surface area contributed by atoms with Gasteiger partial charge in [-0.2, -0.15) is 5.11 Å². The largest absolute Gasteiger partial charge is 0.342 e. The minimum absolute atomic E-state index is 0.0521. The molecule has 0 radical (unpaired) electrons. The van der Waals surface area contributed by atoms with Gasteiger partial charge in [0, 0.05) is 28.7 Å². The van der Waals surface area contributed by atoms with E-state index < -0.39 is 5.41 Å². The maximum atomic E-state index is 13.4. The second kappa shape index (κ2) is 6.24. The molecular weight excluding hydrogens is 358 g/mol. The molecule has 0 saturated carbocycles. The summed E-state index contributed by atoms with van der Waals surface area (Å²) in [6.45, 7) is 7.02. The molecule has 146 valence electrons. The number of hydrogen-bond acceptors (Lipinski definition) is 4. The molecule has 1 aliphatic carbocycles. The van der Waals surface area contributed by atoms with Crippen molar-refractivity contribution in [2.45, 2.75) is 39.0 Å². The highest BCUT2D eigenvalue weighted by atomic mass is 16.1. The fraction of sp³-hybridized carbons (Fsp3) is 0.320. The van der Waals surface area contributed by atoms with Crippen molar-refractivity contribution in [3.8, 4) is 11.1 Å². The minimum atomic E-state index is -0.516. The Morgan fingerprint density at radius 3 is 2.48 bits per heavy atom. The highest BCUT2D eigenvalue weighted by molar-refractivity contribution is 6.01. The number of nitrogens with one attached hydrogen (secondary N) is 1. The van der Waals surface area contributed by atoms with Crippen molar-refractivity contribution in [3.05, 3.63) is 82.8 Å². The van der Waals surface area contributed by atoms with E-state index in [0.29, 0.717) is 13.0 Å². The Bertz CT molecular complexity index is 1110. The Morgan fingerprint density at radius 1 is 0.931 bits per heavy atom. The third-order valence-corrected chi connectivity index (χ3v) is 6.48. The molecule has 3 aliphatic rings. The number of benzene rings is 2. The lowest BCUT2D eigenvalue weighted by Gasteiger charge is -2.44. The SMILES string of the molecule is CC1(C)CC(=O)C2=C(C1)NC1=C(CN=N1)[C@]2(C)c1cccc(-c2ccccc2)c1. The van der Waals surface area contributed by atoms with E-state index in [1.54, 1.807) is 0 Å². The van der Waals surface area contributed by atoms with Gasteiger partial charge in [-0.25, -0.2) is 0 Å². The van der Waals surface area contributed by atoms with Gasteiger partial charge in [-0.05, 0) is 41.5 Å². The van der Waals surface area contributed by atoms with E-state index in [2.05, 4.69) is 84.8 Å². The zero-order chi connectivity index (χ0) is 20.2. The van der Waals surface area contributed by atoms with E-state index in [1.165, 1.54) is 5.56 Å². The standard InChI is InChI=1S/C25H25N3O/c1-24(2)13-20-22(21(29)14-24)25(3,19-15-26-28-23(19)27-20)18-11-7-10-17(12-18)16-8-5-4-6-9-16/h4-12,27H,13-15H2,1-3H3/t25-/m0/s1. The summed E-state index contributed by atoms with van der Waals surface area (Å²) in [5, 5.41) is 12.1. The molecule has 0 amide bonds. The lowest BCUT2D eigenvalue weighted by molar-refractivity contribution is -0.118. The first-order valence-electron chi connectivity index (χ1n) is 10.2. The Hall–Kier alpha value is -3.01. The van der Waals surface area contributed by atoms with Crippen LogP contribution in [0.4, 0.5) is 0 Å². The smallest absolute Gasteiger partial charge is 0.162 e. The first kappa shape index (κ1) is 18.0. The molecule has 0 spiro atoms. The summed E-state index contributed by atoms with van der Waals surface area (Å²) in [6, 6.07) is 18.9. The molecule has 0 bridgehead atoms. The molecule has 0 fully saturated rings. The van der Waals surface area contributed by atoms with E-state index in [1.807, 2.05) is 6.07 Å². The van der Waals surface area contributed by atoms with Crippen molar-refractivity contribution >= 4 is 5.78 Å². The van der Waals surface area contributed by atoms with Crippen LogP contribution in [0.2, 0.25) is 0 Å². The van der Waals surface area contributed by atoms with Crippen LogP contribution in [0.25, 0.3) is 11.1 Å². The summed E-state index contributed by atoms with van der Waals surface area (Å²) in [7, 11) is 0. The number of carbonyl (C=O) groups excluding carboxylic acids is 1. The average molecular weight is 383 g/mol. The first-order chi connectivity index (χ1) is 13.9. The van der Waals surface area contributed by atoms with Crippen LogP contribution in [0.5, 0.6) is 0 Å². The van der Waals surface area contributed by atoms with Crippen LogP contribution in [0, 0.1) is 5.41 Å². The van der Waals surface area contributed by atoms with Crippen molar-refractivity contribution in [1.29, 1.82) is 0 Å². The number of dihydropyridines is 1. The van der Waals surface area contributed by atoms with Crippen LogP contribution >= 0.6 is 0 Å². The van der Waals surface area contributed by atoms with E-state index in [0.717, 1.165) is 40.2 Å². The summed E-state index contributed by atoms with van der Waals surface area (Å²) in [6.07, 6.45) is 1.41. The van der Waals surface area contributed by atoms with Gasteiger partial charge in [-0.1, -0.05) is 62.4 Å². The summed E-state index contributed by atoms with van der Waals surface area (Å²) in [4.78, 5) is 13.4. The van der Waals surface area contributed by atoms with Gasteiger partial charge in [-0.15, -0.1) is 5.11 Å².